The lowest BCUT2D eigenvalue weighted by molar-refractivity contribution is -0.116. The second kappa shape index (κ2) is 5.10. The largest absolute Gasteiger partial charge is 0.325 e. The molecule has 0 bridgehead atoms. The summed E-state index contributed by atoms with van der Waals surface area (Å²) >= 11 is 0. The Morgan fingerprint density at radius 2 is 2.17 bits per heavy atom. The van der Waals surface area contributed by atoms with E-state index in [1.165, 1.54) is 35.0 Å². The van der Waals surface area contributed by atoms with Crippen LogP contribution in [0.2, 0.25) is 0 Å². The summed E-state index contributed by atoms with van der Waals surface area (Å²) in [6.07, 6.45) is 2.99. The number of carbonyl (C=O) groups is 1. The summed E-state index contributed by atoms with van der Waals surface area (Å²) in [5, 5.41) is 11.3. The monoisotopic (exact) mass is 244 g/mol. The summed E-state index contributed by atoms with van der Waals surface area (Å²) in [4.78, 5) is 15.4. The van der Waals surface area contributed by atoms with Crippen molar-refractivity contribution in [3.05, 3.63) is 48.3 Å². The first-order chi connectivity index (χ1) is 8.69. The SMILES string of the molecule is N#Cc1nccn1CC(=O)Nc1ccc(F)cc1. The highest BCUT2D eigenvalue weighted by Crippen LogP contribution is 2.08. The van der Waals surface area contributed by atoms with Gasteiger partial charge < -0.3 is 9.88 Å². The van der Waals surface area contributed by atoms with Gasteiger partial charge in [-0.3, -0.25) is 4.79 Å². The Kier molecular flexibility index (Phi) is 3.34. The van der Waals surface area contributed by atoms with Gasteiger partial charge >= 0.3 is 0 Å². The number of benzene rings is 1. The molecular formula is C12H9FN4O. The number of nitrogens with one attached hydrogen (secondary N) is 1. The Morgan fingerprint density at radius 3 is 2.83 bits per heavy atom. The zero-order valence-corrected chi connectivity index (χ0v) is 9.30. The van der Waals surface area contributed by atoms with Crippen molar-refractivity contribution in [2.24, 2.45) is 0 Å². The number of imidazole rings is 1. The van der Waals surface area contributed by atoms with Crippen LogP contribution in [0.3, 0.4) is 0 Å². The van der Waals surface area contributed by atoms with Crippen LogP contribution in [-0.4, -0.2) is 15.5 Å². The molecule has 0 unspecified atom stereocenters. The van der Waals surface area contributed by atoms with Crippen molar-refractivity contribution < 1.29 is 9.18 Å². The molecule has 1 amide bonds. The second-order valence-corrected chi connectivity index (χ2v) is 3.55. The molecule has 1 N–H and O–H groups in total. The predicted molar refractivity (Wildman–Crippen MR) is 62.0 cm³/mol. The number of anilines is 1. The molecule has 0 saturated carbocycles. The van der Waals surface area contributed by atoms with E-state index in [2.05, 4.69) is 10.3 Å². The number of aromatic nitrogens is 2. The highest BCUT2D eigenvalue weighted by atomic mass is 19.1. The molecule has 1 aromatic heterocycles. The topological polar surface area (TPSA) is 70.7 Å². The van der Waals surface area contributed by atoms with E-state index in [4.69, 9.17) is 5.26 Å². The fraction of sp³-hybridized carbons (Fsp3) is 0.0833. The van der Waals surface area contributed by atoms with Crippen molar-refractivity contribution in [1.82, 2.24) is 9.55 Å². The van der Waals surface area contributed by atoms with Crippen LogP contribution in [0.4, 0.5) is 10.1 Å². The van der Waals surface area contributed by atoms with E-state index in [0.29, 0.717) is 5.69 Å². The Bertz CT molecular complexity index is 597. The lowest BCUT2D eigenvalue weighted by Crippen LogP contribution is -2.19. The lowest BCUT2D eigenvalue weighted by atomic mass is 10.3. The minimum absolute atomic E-state index is 0.0136. The number of hydrogen-bond acceptors (Lipinski definition) is 3. The minimum Gasteiger partial charge on any atom is -0.325 e. The maximum Gasteiger partial charge on any atom is 0.244 e. The van der Waals surface area contributed by atoms with Gasteiger partial charge in [-0.25, -0.2) is 9.37 Å². The van der Waals surface area contributed by atoms with Crippen LogP contribution >= 0.6 is 0 Å². The highest BCUT2D eigenvalue weighted by molar-refractivity contribution is 5.90. The third-order valence-corrected chi connectivity index (χ3v) is 2.26. The number of carbonyl (C=O) groups excluding carboxylic acids is 1. The van der Waals surface area contributed by atoms with Gasteiger partial charge in [-0.15, -0.1) is 0 Å². The van der Waals surface area contributed by atoms with E-state index in [9.17, 15) is 9.18 Å². The van der Waals surface area contributed by atoms with Crippen molar-refractivity contribution in [3.8, 4) is 6.07 Å². The van der Waals surface area contributed by atoms with E-state index in [0.717, 1.165) is 0 Å². The molecular weight excluding hydrogens is 235 g/mol. The van der Waals surface area contributed by atoms with E-state index in [1.54, 1.807) is 6.20 Å². The molecule has 0 atom stereocenters. The van der Waals surface area contributed by atoms with E-state index < -0.39 is 0 Å². The third-order valence-electron chi connectivity index (χ3n) is 2.26. The zero-order valence-electron chi connectivity index (χ0n) is 9.30. The van der Waals surface area contributed by atoms with E-state index in [1.807, 2.05) is 6.07 Å². The van der Waals surface area contributed by atoms with Crippen LogP contribution in [0.25, 0.3) is 0 Å². The van der Waals surface area contributed by atoms with Crippen LogP contribution < -0.4 is 5.32 Å². The van der Waals surface area contributed by atoms with Gasteiger partial charge in [0.2, 0.25) is 11.7 Å². The van der Waals surface area contributed by atoms with E-state index >= 15 is 0 Å². The third kappa shape index (κ3) is 2.71. The fourth-order valence-electron chi connectivity index (χ4n) is 1.44. The number of hydrogen-bond donors (Lipinski definition) is 1. The van der Waals surface area contributed by atoms with Gasteiger partial charge in [0.05, 0.1) is 0 Å². The number of nitrogens with zero attached hydrogens (tertiary/aromatic N) is 3. The molecule has 0 fully saturated rings. The Hall–Kier alpha value is -2.68. The molecule has 2 aromatic rings. The standard InChI is InChI=1S/C12H9FN4O/c13-9-1-3-10(4-2-9)16-12(18)8-17-6-5-15-11(17)7-14/h1-6H,8H2,(H,16,18). The smallest absolute Gasteiger partial charge is 0.244 e. The van der Waals surface area contributed by atoms with Gasteiger partial charge in [0.1, 0.15) is 18.4 Å². The lowest BCUT2D eigenvalue weighted by Gasteiger charge is -2.06. The number of nitriles is 1. The quantitative estimate of drug-likeness (QED) is 0.890. The van der Waals surface area contributed by atoms with Crippen LogP contribution in [0, 0.1) is 17.1 Å². The predicted octanol–water partition coefficient (Wildman–Crippen LogP) is 1.53. The van der Waals surface area contributed by atoms with Crippen molar-refractivity contribution in [1.29, 1.82) is 5.26 Å². The zero-order chi connectivity index (χ0) is 13.0. The van der Waals surface area contributed by atoms with Crippen LogP contribution in [0.5, 0.6) is 0 Å². The minimum atomic E-state index is -0.366. The van der Waals surface area contributed by atoms with Gasteiger partial charge in [-0.2, -0.15) is 5.26 Å². The maximum atomic E-state index is 12.7. The molecule has 0 aliphatic carbocycles. The molecule has 0 aliphatic rings. The van der Waals surface area contributed by atoms with Crippen LogP contribution in [0.15, 0.2) is 36.7 Å². The molecule has 0 aliphatic heterocycles. The summed E-state index contributed by atoms with van der Waals surface area (Å²) in [7, 11) is 0. The first-order valence-corrected chi connectivity index (χ1v) is 5.15. The second-order valence-electron chi connectivity index (χ2n) is 3.55. The normalized spacial score (nSPS) is 9.78. The summed E-state index contributed by atoms with van der Waals surface area (Å²) in [6.45, 7) is -0.0136. The van der Waals surface area contributed by atoms with Crippen LogP contribution in [-0.2, 0) is 11.3 Å². The van der Waals surface area contributed by atoms with Gasteiger partial charge in [0, 0.05) is 18.1 Å². The average Bonchev–Trinajstić information content (AvgIpc) is 2.79. The number of amides is 1. The number of halogens is 1. The molecule has 1 heterocycles. The first kappa shape index (κ1) is 11.8. The van der Waals surface area contributed by atoms with Crippen molar-refractivity contribution in [3.63, 3.8) is 0 Å². The molecule has 0 saturated heterocycles. The maximum absolute atomic E-state index is 12.7. The Morgan fingerprint density at radius 1 is 1.44 bits per heavy atom. The summed E-state index contributed by atoms with van der Waals surface area (Å²) in [5.74, 6) is -0.505. The molecule has 18 heavy (non-hydrogen) atoms. The highest BCUT2D eigenvalue weighted by Gasteiger charge is 2.07. The molecule has 90 valence electrons. The molecule has 0 radical (unpaired) electrons. The Labute approximate surface area is 102 Å². The first-order valence-electron chi connectivity index (χ1n) is 5.15. The van der Waals surface area contributed by atoms with Crippen molar-refractivity contribution in [2.75, 3.05) is 5.32 Å². The molecule has 6 heteroatoms. The van der Waals surface area contributed by atoms with Crippen molar-refractivity contribution >= 4 is 11.6 Å². The van der Waals surface area contributed by atoms with Gasteiger partial charge in [0.25, 0.3) is 0 Å². The number of rotatable bonds is 3. The molecule has 0 spiro atoms. The van der Waals surface area contributed by atoms with Gasteiger partial charge in [-0.1, -0.05) is 0 Å². The molecule has 2 rings (SSSR count). The summed E-state index contributed by atoms with van der Waals surface area (Å²) in [6, 6.07) is 7.32. The van der Waals surface area contributed by atoms with Gasteiger partial charge in [-0.05, 0) is 24.3 Å². The summed E-state index contributed by atoms with van der Waals surface area (Å²) < 4.78 is 14.1. The molecule has 1 aromatic carbocycles. The summed E-state index contributed by atoms with van der Waals surface area (Å²) in [5.41, 5.74) is 0.500. The Balaban J connectivity index is 2.01. The van der Waals surface area contributed by atoms with Crippen molar-refractivity contribution in [2.45, 2.75) is 6.54 Å². The van der Waals surface area contributed by atoms with E-state index in [-0.39, 0.29) is 24.1 Å². The fourth-order valence-corrected chi connectivity index (χ4v) is 1.44. The average molecular weight is 244 g/mol. The van der Waals surface area contributed by atoms with Crippen LogP contribution in [0.1, 0.15) is 5.82 Å². The molecule has 5 nitrogen and oxygen atoms in total. The van der Waals surface area contributed by atoms with Gasteiger partial charge in [0.15, 0.2) is 0 Å².